The fourth-order valence-electron chi connectivity index (χ4n) is 2.10. The van der Waals surface area contributed by atoms with Gasteiger partial charge in [0.1, 0.15) is 5.56 Å². The Labute approximate surface area is 121 Å². The van der Waals surface area contributed by atoms with Crippen LogP contribution in [0.2, 0.25) is 0 Å². The number of nitro groups is 1. The number of anilines is 2. The summed E-state index contributed by atoms with van der Waals surface area (Å²) in [6, 6.07) is 9.75. The number of para-hydroxylation sites is 1. The van der Waals surface area contributed by atoms with Crippen LogP contribution in [0.5, 0.6) is 0 Å². The van der Waals surface area contributed by atoms with E-state index in [-0.39, 0.29) is 5.56 Å². The van der Waals surface area contributed by atoms with Gasteiger partial charge in [0, 0.05) is 17.4 Å². The molecule has 6 heteroatoms. The molecule has 0 radical (unpaired) electrons. The van der Waals surface area contributed by atoms with Crippen LogP contribution in [0.15, 0.2) is 36.4 Å². The monoisotopic (exact) mass is 286 g/mol. The van der Waals surface area contributed by atoms with E-state index in [9.17, 15) is 14.9 Å². The summed E-state index contributed by atoms with van der Waals surface area (Å²) in [4.78, 5) is 21.3. The van der Waals surface area contributed by atoms with Gasteiger partial charge in [0.2, 0.25) is 0 Å². The van der Waals surface area contributed by atoms with E-state index < -0.39 is 16.6 Å². The number of nitrogens with one attached hydrogen (secondary N) is 1. The lowest BCUT2D eigenvalue weighted by atomic mass is 10.1. The van der Waals surface area contributed by atoms with E-state index in [2.05, 4.69) is 5.32 Å². The van der Waals surface area contributed by atoms with E-state index in [1.165, 1.54) is 18.2 Å². The average molecular weight is 286 g/mol. The van der Waals surface area contributed by atoms with Crippen molar-refractivity contribution in [3.63, 3.8) is 0 Å². The lowest BCUT2D eigenvalue weighted by Gasteiger charge is -2.12. The number of hydrogen-bond acceptors (Lipinski definition) is 4. The van der Waals surface area contributed by atoms with Gasteiger partial charge < -0.3 is 10.4 Å². The van der Waals surface area contributed by atoms with Gasteiger partial charge in [0.15, 0.2) is 0 Å². The molecule has 0 atom stereocenters. The van der Waals surface area contributed by atoms with Crippen molar-refractivity contribution in [1.82, 2.24) is 0 Å². The van der Waals surface area contributed by atoms with Gasteiger partial charge in [-0.2, -0.15) is 0 Å². The standard InChI is InChI=1S/C15H14N2O4/c1-9-4-3-5-10(2)14(9)16-11-6-7-12(15(18)19)13(8-11)17(20)21/h3-8,16H,1-2H3,(H,18,19). The number of benzene rings is 2. The molecule has 0 heterocycles. The zero-order valence-corrected chi connectivity index (χ0v) is 11.6. The van der Waals surface area contributed by atoms with Crippen LogP contribution in [0.1, 0.15) is 21.5 Å². The van der Waals surface area contributed by atoms with Crippen molar-refractivity contribution >= 4 is 23.0 Å². The topological polar surface area (TPSA) is 92.5 Å². The van der Waals surface area contributed by atoms with Crippen molar-refractivity contribution in [2.75, 3.05) is 5.32 Å². The maximum absolute atomic E-state index is 11.0. The quantitative estimate of drug-likeness (QED) is 0.661. The smallest absolute Gasteiger partial charge is 0.342 e. The summed E-state index contributed by atoms with van der Waals surface area (Å²) in [6.07, 6.45) is 0. The maximum Gasteiger partial charge on any atom is 0.342 e. The van der Waals surface area contributed by atoms with Crippen LogP contribution < -0.4 is 5.32 Å². The summed E-state index contributed by atoms with van der Waals surface area (Å²) >= 11 is 0. The Hall–Kier alpha value is -2.89. The van der Waals surface area contributed by atoms with Crippen LogP contribution in [0.25, 0.3) is 0 Å². The number of carboxylic acid groups (broad SMARTS) is 1. The fourth-order valence-corrected chi connectivity index (χ4v) is 2.10. The van der Waals surface area contributed by atoms with Crippen molar-refractivity contribution in [2.24, 2.45) is 0 Å². The van der Waals surface area contributed by atoms with E-state index in [1.807, 2.05) is 32.0 Å². The molecule has 108 valence electrons. The first-order valence-electron chi connectivity index (χ1n) is 6.25. The highest BCUT2D eigenvalue weighted by Gasteiger charge is 2.20. The van der Waals surface area contributed by atoms with Crippen molar-refractivity contribution in [2.45, 2.75) is 13.8 Å². The van der Waals surface area contributed by atoms with Gasteiger partial charge in [-0.05, 0) is 37.1 Å². The first-order valence-corrected chi connectivity index (χ1v) is 6.25. The molecular weight excluding hydrogens is 272 g/mol. The molecule has 0 saturated heterocycles. The molecule has 0 fully saturated rings. The highest BCUT2D eigenvalue weighted by molar-refractivity contribution is 5.93. The number of nitrogens with zero attached hydrogens (tertiary/aromatic N) is 1. The maximum atomic E-state index is 11.0. The van der Waals surface area contributed by atoms with Crippen LogP contribution >= 0.6 is 0 Å². The predicted molar refractivity (Wildman–Crippen MR) is 79.3 cm³/mol. The number of aromatic carboxylic acids is 1. The molecule has 0 aromatic heterocycles. The molecule has 2 aromatic carbocycles. The Bertz CT molecular complexity index is 705. The molecule has 0 spiro atoms. The molecule has 0 saturated carbocycles. The normalized spacial score (nSPS) is 10.2. The van der Waals surface area contributed by atoms with E-state index in [1.54, 1.807) is 0 Å². The summed E-state index contributed by atoms with van der Waals surface area (Å²) in [6.45, 7) is 3.85. The molecule has 2 rings (SSSR count). The minimum absolute atomic E-state index is 0.327. The molecule has 0 amide bonds. The van der Waals surface area contributed by atoms with Gasteiger partial charge >= 0.3 is 5.97 Å². The summed E-state index contributed by atoms with van der Waals surface area (Å²) in [5.41, 5.74) is 2.57. The van der Waals surface area contributed by atoms with Gasteiger partial charge in [0.05, 0.1) is 4.92 Å². The number of rotatable bonds is 4. The highest BCUT2D eigenvalue weighted by atomic mass is 16.6. The molecular formula is C15H14N2O4. The van der Waals surface area contributed by atoms with Crippen LogP contribution in [0.3, 0.4) is 0 Å². The van der Waals surface area contributed by atoms with Crippen molar-refractivity contribution in [3.8, 4) is 0 Å². The first kappa shape index (κ1) is 14.5. The number of carboxylic acids is 1. The first-order chi connectivity index (χ1) is 9.90. The Morgan fingerprint density at radius 3 is 2.33 bits per heavy atom. The Morgan fingerprint density at radius 1 is 1.19 bits per heavy atom. The number of carbonyl (C=O) groups is 1. The van der Waals surface area contributed by atoms with Crippen molar-refractivity contribution in [1.29, 1.82) is 0 Å². The lowest BCUT2D eigenvalue weighted by molar-refractivity contribution is -0.385. The molecule has 6 nitrogen and oxygen atoms in total. The van der Waals surface area contributed by atoms with Crippen LogP contribution in [-0.4, -0.2) is 16.0 Å². The Balaban J connectivity index is 2.44. The molecule has 0 bridgehead atoms. The third kappa shape index (κ3) is 3.00. The molecule has 0 aliphatic heterocycles. The highest BCUT2D eigenvalue weighted by Crippen LogP contribution is 2.28. The summed E-state index contributed by atoms with van der Waals surface area (Å²) in [5, 5.41) is 23.0. The second kappa shape index (κ2) is 5.62. The second-order valence-corrected chi connectivity index (χ2v) is 4.69. The minimum atomic E-state index is -1.32. The second-order valence-electron chi connectivity index (χ2n) is 4.69. The van der Waals surface area contributed by atoms with Gasteiger partial charge in [0.25, 0.3) is 5.69 Å². The van der Waals surface area contributed by atoms with Crippen LogP contribution in [-0.2, 0) is 0 Å². The molecule has 0 aliphatic carbocycles. The van der Waals surface area contributed by atoms with Crippen LogP contribution in [0.4, 0.5) is 17.1 Å². The third-order valence-electron chi connectivity index (χ3n) is 3.18. The molecule has 2 aromatic rings. The van der Waals surface area contributed by atoms with E-state index in [4.69, 9.17) is 5.11 Å². The molecule has 0 aliphatic rings. The molecule has 0 unspecified atom stereocenters. The van der Waals surface area contributed by atoms with E-state index in [0.29, 0.717) is 5.69 Å². The summed E-state index contributed by atoms with van der Waals surface area (Å²) in [7, 11) is 0. The summed E-state index contributed by atoms with van der Waals surface area (Å²) in [5.74, 6) is -1.32. The Morgan fingerprint density at radius 2 is 1.81 bits per heavy atom. The molecule has 21 heavy (non-hydrogen) atoms. The molecule has 2 N–H and O–H groups in total. The SMILES string of the molecule is Cc1cccc(C)c1Nc1ccc(C(=O)O)c([N+](=O)[O-])c1. The third-order valence-corrected chi connectivity index (χ3v) is 3.18. The largest absolute Gasteiger partial charge is 0.477 e. The van der Waals surface area contributed by atoms with Crippen LogP contribution in [0, 0.1) is 24.0 Å². The number of hydrogen-bond donors (Lipinski definition) is 2. The average Bonchev–Trinajstić information content (AvgIpc) is 2.42. The van der Waals surface area contributed by atoms with Crippen molar-refractivity contribution < 1.29 is 14.8 Å². The van der Waals surface area contributed by atoms with Gasteiger partial charge in [-0.15, -0.1) is 0 Å². The number of aryl methyl sites for hydroxylation is 2. The van der Waals surface area contributed by atoms with Gasteiger partial charge in [-0.25, -0.2) is 4.79 Å². The summed E-state index contributed by atoms with van der Waals surface area (Å²) < 4.78 is 0. The van der Waals surface area contributed by atoms with Crippen molar-refractivity contribution in [3.05, 3.63) is 63.2 Å². The van der Waals surface area contributed by atoms with Gasteiger partial charge in [-0.3, -0.25) is 10.1 Å². The lowest BCUT2D eigenvalue weighted by Crippen LogP contribution is -2.04. The number of nitro benzene ring substituents is 1. The minimum Gasteiger partial charge on any atom is -0.477 e. The zero-order valence-electron chi connectivity index (χ0n) is 11.6. The Kier molecular flexibility index (Phi) is 3.89. The zero-order chi connectivity index (χ0) is 15.6. The van der Waals surface area contributed by atoms with E-state index in [0.717, 1.165) is 16.8 Å². The fraction of sp³-hybridized carbons (Fsp3) is 0.133. The predicted octanol–water partition coefficient (Wildman–Crippen LogP) is 3.65. The van der Waals surface area contributed by atoms with Gasteiger partial charge in [-0.1, -0.05) is 18.2 Å². The van der Waals surface area contributed by atoms with E-state index >= 15 is 0 Å².